The molecule has 5 rings (SSSR count). The first-order chi connectivity index (χ1) is 19.5. The average Bonchev–Trinajstić information content (AvgIpc) is 3.40. The van der Waals surface area contributed by atoms with Crippen LogP contribution >= 0.6 is 23.2 Å². The van der Waals surface area contributed by atoms with E-state index < -0.39 is 17.6 Å². The van der Waals surface area contributed by atoms with Crippen LogP contribution in [0.1, 0.15) is 22.6 Å². The number of halogens is 6. The van der Waals surface area contributed by atoms with Gasteiger partial charge in [0.25, 0.3) is 0 Å². The van der Waals surface area contributed by atoms with Gasteiger partial charge in [0.05, 0.1) is 15.6 Å². The maximum absolute atomic E-state index is 14.3. The van der Waals surface area contributed by atoms with Gasteiger partial charge in [-0.15, -0.1) is 0 Å². The number of hydrogen-bond donors (Lipinski definition) is 0. The zero-order chi connectivity index (χ0) is 29.3. The molecular formula is C29H29Cl2F4N5O. The monoisotopic (exact) mass is 609 g/mol. The van der Waals surface area contributed by atoms with E-state index in [-0.39, 0.29) is 24.5 Å². The Morgan fingerprint density at radius 2 is 1.66 bits per heavy atom. The van der Waals surface area contributed by atoms with Gasteiger partial charge >= 0.3 is 12.2 Å². The van der Waals surface area contributed by atoms with E-state index in [9.17, 15) is 22.4 Å². The summed E-state index contributed by atoms with van der Waals surface area (Å²) in [5.74, 6) is -1.45. The molecule has 3 heterocycles. The van der Waals surface area contributed by atoms with Crippen molar-refractivity contribution in [1.82, 2.24) is 19.7 Å². The standard InChI is InChI=1S/C29H29Cl2F4N5O/c1-37(16-19-2-4-23(26(32)14-19)29(33,34)35)27-18-40(17-22(27)20-3-5-24(30)25(31)15-20)28(41)39-12-10-38(11-13-39)21-6-8-36-9-7-21/h2-9,14-15,22,27H,10-13,16-18H2,1H3/t22-,27+/m1/s1. The summed E-state index contributed by atoms with van der Waals surface area (Å²) in [4.78, 5) is 25.5. The lowest BCUT2D eigenvalue weighted by Gasteiger charge is -2.37. The fraction of sp³-hybridized carbons (Fsp3) is 0.379. The highest BCUT2D eigenvalue weighted by molar-refractivity contribution is 6.42. The second-order valence-corrected chi connectivity index (χ2v) is 11.3. The number of nitrogens with zero attached hydrogens (tertiary/aromatic N) is 5. The molecule has 12 heteroatoms. The molecule has 2 saturated heterocycles. The van der Waals surface area contributed by atoms with Crippen LogP contribution < -0.4 is 4.90 Å². The van der Waals surface area contributed by atoms with E-state index in [0.29, 0.717) is 54.9 Å². The number of likely N-dealkylation sites (tertiary alicyclic amines) is 1. The molecule has 6 nitrogen and oxygen atoms in total. The number of amides is 2. The maximum Gasteiger partial charge on any atom is 0.419 e. The van der Waals surface area contributed by atoms with Gasteiger partial charge < -0.3 is 14.7 Å². The Balaban J connectivity index is 1.32. The summed E-state index contributed by atoms with van der Waals surface area (Å²) in [6.45, 7) is 3.56. The molecule has 2 atom stereocenters. The molecule has 2 aliphatic heterocycles. The summed E-state index contributed by atoms with van der Waals surface area (Å²) in [5.41, 5.74) is 1.07. The Labute approximate surface area is 246 Å². The van der Waals surface area contributed by atoms with Crippen molar-refractivity contribution in [3.8, 4) is 0 Å². The van der Waals surface area contributed by atoms with Gasteiger partial charge in [0.2, 0.25) is 0 Å². The SMILES string of the molecule is CN(Cc1ccc(C(F)(F)F)c(F)c1)[C@H]1CN(C(=O)N2CCN(c3ccncc3)CC2)C[C@@H]1c1ccc(Cl)c(Cl)c1. The van der Waals surface area contributed by atoms with Gasteiger partial charge in [-0.2, -0.15) is 13.2 Å². The van der Waals surface area contributed by atoms with Crippen LogP contribution in [0.5, 0.6) is 0 Å². The first kappa shape index (κ1) is 29.4. The lowest BCUT2D eigenvalue weighted by atomic mass is 9.93. The molecule has 218 valence electrons. The average molecular weight is 610 g/mol. The predicted molar refractivity (Wildman–Crippen MR) is 151 cm³/mol. The Bertz CT molecular complexity index is 1390. The Hall–Kier alpha value is -3.08. The summed E-state index contributed by atoms with van der Waals surface area (Å²) in [6.07, 6.45) is -1.27. The molecule has 0 radical (unpaired) electrons. The number of carbonyl (C=O) groups is 1. The van der Waals surface area contributed by atoms with E-state index in [1.807, 2.05) is 39.9 Å². The van der Waals surface area contributed by atoms with E-state index in [1.54, 1.807) is 24.5 Å². The van der Waals surface area contributed by atoms with Gasteiger partial charge in [0.1, 0.15) is 5.82 Å². The summed E-state index contributed by atoms with van der Waals surface area (Å²) in [6, 6.07) is 12.0. The molecule has 41 heavy (non-hydrogen) atoms. The number of hydrogen-bond acceptors (Lipinski definition) is 4. The molecule has 0 aliphatic carbocycles. The number of pyridine rings is 1. The number of likely N-dealkylation sites (N-methyl/N-ethyl adjacent to an activating group) is 1. The molecule has 0 unspecified atom stereocenters. The molecule has 2 aromatic carbocycles. The van der Waals surface area contributed by atoms with E-state index in [4.69, 9.17) is 23.2 Å². The molecule has 2 amide bonds. The summed E-state index contributed by atoms with van der Waals surface area (Å²) < 4.78 is 53.4. The largest absolute Gasteiger partial charge is 0.419 e. The van der Waals surface area contributed by atoms with Crippen LogP contribution in [0.15, 0.2) is 60.9 Å². The molecule has 0 saturated carbocycles. The number of carbonyl (C=O) groups excluding carboxylic acids is 1. The van der Waals surface area contributed by atoms with Crippen LogP contribution in [0.3, 0.4) is 0 Å². The summed E-state index contributed by atoms with van der Waals surface area (Å²) in [7, 11) is 1.83. The van der Waals surface area contributed by atoms with Crippen molar-refractivity contribution in [2.75, 3.05) is 51.2 Å². The van der Waals surface area contributed by atoms with Crippen LogP contribution in [0.25, 0.3) is 0 Å². The fourth-order valence-electron chi connectivity index (χ4n) is 5.66. The normalized spacial score (nSPS) is 19.8. The number of rotatable bonds is 5. The predicted octanol–water partition coefficient (Wildman–Crippen LogP) is 6.39. The minimum atomic E-state index is -4.76. The number of piperazine rings is 1. The van der Waals surface area contributed by atoms with E-state index >= 15 is 0 Å². The lowest BCUT2D eigenvalue weighted by Crippen LogP contribution is -2.52. The molecule has 1 aromatic heterocycles. The van der Waals surface area contributed by atoms with Crippen LogP contribution in [0, 0.1) is 5.82 Å². The van der Waals surface area contributed by atoms with Gasteiger partial charge in [-0.05, 0) is 54.6 Å². The van der Waals surface area contributed by atoms with Gasteiger partial charge in [-0.1, -0.05) is 35.3 Å². The smallest absolute Gasteiger partial charge is 0.368 e. The van der Waals surface area contributed by atoms with E-state index in [0.717, 1.165) is 23.4 Å². The second-order valence-electron chi connectivity index (χ2n) is 10.4. The highest BCUT2D eigenvalue weighted by Gasteiger charge is 2.40. The van der Waals surface area contributed by atoms with E-state index in [2.05, 4.69) is 9.88 Å². The molecule has 0 bridgehead atoms. The number of aromatic nitrogens is 1. The molecule has 0 spiro atoms. The van der Waals surface area contributed by atoms with Crippen molar-refractivity contribution in [1.29, 1.82) is 0 Å². The first-order valence-electron chi connectivity index (χ1n) is 13.2. The zero-order valence-corrected chi connectivity index (χ0v) is 23.8. The Morgan fingerprint density at radius 1 is 0.951 bits per heavy atom. The molecule has 3 aromatic rings. The number of benzene rings is 2. The molecular weight excluding hydrogens is 581 g/mol. The van der Waals surface area contributed by atoms with Crippen LogP contribution in [0.4, 0.5) is 28.0 Å². The first-order valence-corrected chi connectivity index (χ1v) is 14.0. The second kappa shape index (κ2) is 12.0. The number of anilines is 1. The minimum Gasteiger partial charge on any atom is -0.368 e. The van der Waals surface area contributed by atoms with Crippen molar-refractivity contribution < 1.29 is 22.4 Å². The van der Waals surface area contributed by atoms with Gasteiger partial charge in [-0.25, -0.2) is 9.18 Å². The number of alkyl halides is 3. The van der Waals surface area contributed by atoms with Gasteiger partial charge in [0, 0.05) is 75.9 Å². The summed E-state index contributed by atoms with van der Waals surface area (Å²) >= 11 is 12.5. The van der Waals surface area contributed by atoms with Crippen molar-refractivity contribution >= 4 is 34.9 Å². The van der Waals surface area contributed by atoms with Crippen LogP contribution in [-0.2, 0) is 12.7 Å². The fourth-order valence-corrected chi connectivity index (χ4v) is 5.97. The number of urea groups is 1. The quantitative estimate of drug-likeness (QED) is 0.315. The van der Waals surface area contributed by atoms with Gasteiger partial charge in [0.15, 0.2) is 0 Å². The third-order valence-electron chi connectivity index (χ3n) is 7.85. The third-order valence-corrected chi connectivity index (χ3v) is 8.59. The zero-order valence-electron chi connectivity index (χ0n) is 22.3. The summed E-state index contributed by atoms with van der Waals surface area (Å²) in [5, 5.41) is 0.811. The van der Waals surface area contributed by atoms with Crippen molar-refractivity contribution in [3.05, 3.63) is 93.5 Å². The van der Waals surface area contributed by atoms with Crippen LogP contribution in [-0.4, -0.2) is 78.1 Å². The molecule has 0 N–H and O–H groups in total. The third kappa shape index (κ3) is 6.55. The Morgan fingerprint density at radius 3 is 2.29 bits per heavy atom. The van der Waals surface area contributed by atoms with Gasteiger partial charge in [-0.3, -0.25) is 9.88 Å². The minimum absolute atomic E-state index is 0.0686. The topological polar surface area (TPSA) is 42.9 Å². The lowest BCUT2D eigenvalue weighted by molar-refractivity contribution is -0.140. The van der Waals surface area contributed by atoms with Crippen molar-refractivity contribution in [3.63, 3.8) is 0 Å². The van der Waals surface area contributed by atoms with E-state index in [1.165, 1.54) is 6.07 Å². The van der Waals surface area contributed by atoms with Crippen LogP contribution in [0.2, 0.25) is 10.0 Å². The highest BCUT2D eigenvalue weighted by Crippen LogP contribution is 2.36. The molecule has 2 fully saturated rings. The van der Waals surface area contributed by atoms with Crippen molar-refractivity contribution in [2.24, 2.45) is 0 Å². The maximum atomic E-state index is 14.3. The Kier molecular flexibility index (Phi) is 8.63. The highest BCUT2D eigenvalue weighted by atomic mass is 35.5. The van der Waals surface area contributed by atoms with Crippen molar-refractivity contribution in [2.45, 2.75) is 24.7 Å². The molecule has 2 aliphatic rings.